The zero-order valence-corrected chi connectivity index (χ0v) is 8.08. The molecule has 13 heavy (non-hydrogen) atoms. The molecule has 0 aromatic rings. The summed E-state index contributed by atoms with van der Waals surface area (Å²) in [6, 6.07) is 0. The highest BCUT2D eigenvalue weighted by molar-refractivity contribution is 5.17. The van der Waals surface area contributed by atoms with Crippen molar-refractivity contribution in [2.75, 3.05) is 0 Å². The van der Waals surface area contributed by atoms with Gasteiger partial charge in [0.1, 0.15) is 0 Å². The summed E-state index contributed by atoms with van der Waals surface area (Å²) in [5.41, 5.74) is 0.452. The zero-order valence-electron chi connectivity index (χ0n) is 8.08. The average molecular weight is 178 g/mol. The highest BCUT2D eigenvalue weighted by atomic mass is 16.3. The van der Waals surface area contributed by atoms with Gasteiger partial charge in [0.15, 0.2) is 0 Å². The van der Waals surface area contributed by atoms with Crippen molar-refractivity contribution in [2.45, 2.75) is 44.6 Å². The Bertz CT molecular complexity index is 262. The molecule has 0 heterocycles. The maximum absolute atomic E-state index is 10.2. The van der Waals surface area contributed by atoms with Gasteiger partial charge in [0.05, 0.1) is 6.10 Å². The third-order valence-electron chi connectivity index (χ3n) is 5.90. The van der Waals surface area contributed by atoms with E-state index < -0.39 is 0 Å². The first-order valence-electron chi connectivity index (χ1n) is 5.99. The van der Waals surface area contributed by atoms with E-state index in [0.717, 1.165) is 30.1 Å². The summed E-state index contributed by atoms with van der Waals surface area (Å²) >= 11 is 0. The Morgan fingerprint density at radius 1 is 1.08 bits per heavy atom. The lowest BCUT2D eigenvalue weighted by Crippen LogP contribution is -2.41. The van der Waals surface area contributed by atoms with Crippen molar-refractivity contribution in [1.82, 2.24) is 0 Å². The summed E-state index contributed by atoms with van der Waals surface area (Å²) in [5, 5.41) is 10.2. The van der Waals surface area contributed by atoms with Crippen molar-refractivity contribution >= 4 is 0 Å². The predicted octanol–water partition coefficient (Wildman–Crippen LogP) is 2.19. The first kappa shape index (κ1) is 7.28. The second-order valence-corrected chi connectivity index (χ2v) is 6.05. The molecule has 1 nitrogen and oxygen atoms in total. The molecule has 4 saturated carbocycles. The zero-order chi connectivity index (χ0) is 8.63. The Kier molecular flexibility index (Phi) is 1.11. The van der Waals surface area contributed by atoms with Gasteiger partial charge < -0.3 is 5.11 Å². The minimum absolute atomic E-state index is 0.0894. The van der Waals surface area contributed by atoms with Gasteiger partial charge in [-0.3, -0.25) is 0 Å². The normalized spacial score (nSPS) is 67.6. The second kappa shape index (κ2) is 1.98. The Balaban J connectivity index is 1.85. The van der Waals surface area contributed by atoms with Gasteiger partial charge in [-0.25, -0.2) is 0 Å². The fraction of sp³-hybridized carbons (Fsp3) is 1.00. The minimum atomic E-state index is 0.0894. The number of fused-ring (bicyclic) bond motifs is 4. The molecule has 1 spiro atoms. The van der Waals surface area contributed by atoms with E-state index in [9.17, 15) is 5.11 Å². The van der Waals surface area contributed by atoms with Crippen LogP contribution in [-0.4, -0.2) is 11.2 Å². The summed E-state index contributed by atoms with van der Waals surface area (Å²) in [7, 11) is 0. The van der Waals surface area contributed by atoms with Crippen LogP contribution >= 0.6 is 0 Å². The molecule has 0 unspecified atom stereocenters. The maximum Gasteiger partial charge on any atom is 0.0604 e. The average Bonchev–Trinajstić information content (AvgIpc) is 2.76. The summed E-state index contributed by atoms with van der Waals surface area (Å²) in [6.45, 7) is 0. The molecule has 0 aliphatic heterocycles. The Morgan fingerprint density at radius 2 is 2.00 bits per heavy atom. The monoisotopic (exact) mass is 178 g/mol. The quantitative estimate of drug-likeness (QED) is 0.603. The van der Waals surface area contributed by atoms with Gasteiger partial charge in [0, 0.05) is 5.41 Å². The largest absolute Gasteiger partial charge is 0.393 e. The number of rotatable bonds is 0. The van der Waals surface area contributed by atoms with Crippen LogP contribution < -0.4 is 0 Å². The van der Waals surface area contributed by atoms with Gasteiger partial charge in [-0.2, -0.15) is 0 Å². The number of hydrogen-bond acceptors (Lipinski definition) is 1. The molecule has 0 radical (unpaired) electrons. The fourth-order valence-electron chi connectivity index (χ4n) is 5.65. The molecule has 1 heteroatoms. The lowest BCUT2D eigenvalue weighted by molar-refractivity contribution is -0.0344. The van der Waals surface area contributed by atoms with E-state index in [-0.39, 0.29) is 6.10 Å². The molecule has 0 amide bonds. The highest BCUT2D eigenvalue weighted by Gasteiger charge is 2.68. The minimum Gasteiger partial charge on any atom is -0.393 e. The smallest absolute Gasteiger partial charge is 0.0604 e. The van der Waals surface area contributed by atoms with Crippen molar-refractivity contribution in [1.29, 1.82) is 0 Å². The summed E-state index contributed by atoms with van der Waals surface area (Å²) in [6.07, 6.45) is 8.47. The Hall–Kier alpha value is -0.0400. The molecular formula is C12H18O. The van der Waals surface area contributed by atoms with Gasteiger partial charge in [0.25, 0.3) is 0 Å². The van der Waals surface area contributed by atoms with E-state index >= 15 is 0 Å². The molecule has 6 atom stereocenters. The molecule has 4 bridgehead atoms. The summed E-state index contributed by atoms with van der Waals surface area (Å²) in [4.78, 5) is 0. The predicted molar refractivity (Wildman–Crippen MR) is 50.1 cm³/mol. The van der Waals surface area contributed by atoms with Crippen LogP contribution in [0.1, 0.15) is 38.5 Å². The summed E-state index contributed by atoms with van der Waals surface area (Å²) in [5.74, 6) is 3.79. The van der Waals surface area contributed by atoms with E-state index in [1.54, 1.807) is 0 Å². The highest BCUT2D eigenvalue weighted by Crippen LogP contribution is 2.73. The van der Waals surface area contributed by atoms with Crippen LogP contribution in [0.25, 0.3) is 0 Å². The third kappa shape index (κ3) is 0.614. The molecule has 0 saturated heterocycles. The first-order chi connectivity index (χ1) is 6.30. The maximum atomic E-state index is 10.2. The van der Waals surface area contributed by atoms with Crippen LogP contribution in [0.15, 0.2) is 0 Å². The van der Waals surface area contributed by atoms with Crippen molar-refractivity contribution in [3.05, 3.63) is 0 Å². The standard InChI is InChI=1S/C12H18O/c13-11-4-7-3-10-8-1-2-9(5-8)12(10,11)6-7/h7-11,13H,1-6H2/t7-,8+,9+,10+,11+,12-/m1/s1. The number of aliphatic hydroxyl groups excluding tert-OH is 1. The van der Waals surface area contributed by atoms with E-state index in [1.165, 1.54) is 32.1 Å². The van der Waals surface area contributed by atoms with Crippen LogP contribution in [0.2, 0.25) is 0 Å². The van der Waals surface area contributed by atoms with Crippen LogP contribution in [0.5, 0.6) is 0 Å². The van der Waals surface area contributed by atoms with Gasteiger partial charge >= 0.3 is 0 Å². The number of hydrogen-bond donors (Lipinski definition) is 1. The van der Waals surface area contributed by atoms with Crippen LogP contribution in [0.4, 0.5) is 0 Å². The van der Waals surface area contributed by atoms with Gasteiger partial charge in [0.2, 0.25) is 0 Å². The van der Waals surface area contributed by atoms with E-state index in [2.05, 4.69) is 0 Å². The molecular weight excluding hydrogens is 160 g/mol. The number of aliphatic hydroxyl groups is 1. The molecule has 4 fully saturated rings. The molecule has 1 N–H and O–H groups in total. The topological polar surface area (TPSA) is 20.2 Å². The van der Waals surface area contributed by atoms with Crippen LogP contribution in [-0.2, 0) is 0 Å². The SMILES string of the molecule is O[C@H]1C[C@H]2C[C@H]3[C@H]4CC[C@@H](C4)[C@@]13C2. The van der Waals surface area contributed by atoms with Crippen molar-refractivity contribution in [3.8, 4) is 0 Å². The van der Waals surface area contributed by atoms with E-state index in [1.807, 2.05) is 0 Å². The fourth-order valence-corrected chi connectivity index (χ4v) is 5.65. The molecule has 72 valence electrons. The lowest BCUT2D eigenvalue weighted by Gasteiger charge is -2.42. The first-order valence-corrected chi connectivity index (χ1v) is 5.99. The van der Waals surface area contributed by atoms with Crippen molar-refractivity contribution in [2.24, 2.45) is 29.1 Å². The molecule has 4 aliphatic carbocycles. The van der Waals surface area contributed by atoms with Crippen molar-refractivity contribution < 1.29 is 5.11 Å². The van der Waals surface area contributed by atoms with Gasteiger partial charge in [-0.15, -0.1) is 0 Å². The van der Waals surface area contributed by atoms with Crippen LogP contribution in [0.3, 0.4) is 0 Å². The second-order valence-electron chi connectivity index (χ2n) is 6.05. The van der Waals surface area contributed by atoms with E-state index in [0.29, 0.717) is 5.41 Å². The van der Waals surface area contributed by atoms with Crippen LogP contribution in [0, 0.1) is 29.1 Å². The molecule has 4 aliphatic rings. The van der Waals surface area contributed by atoms with Crippen molar-refractivity contribution in [3.63, 3.8) is 0 Å². The Labute approximate surface area is 79.5 Å². The van der Waals surface area contributed by atoms with Gasteiger partial charge in [-0.05, 0) is 62.2 Å². The molecule has 0 aromatic heterocycles. The molecule has 0 aromatic carbocycles. The third-order valence-corrected chi connectivity index (χ3v) is 5.90. The van der Waals surface area contributed by atoms with E-state index in [4.69, 9.17) is 0 Å². The lowest BCUT2D eigenvalue weighted by atomic mass is 9.65. The summed E-state index contributed by atoms with van der Waals surface area (Å²) < 4.78 is 0. The molecule has 4 rings (SSSR count). The van der Waals surface area contributed by atoms with Gasteiger partial charge in [-0.1, -0.05) is 0 Å². The Morgan fingerprint density at radius 3 is 2.77 bits per heavy atom.